The highest BCUT2D eigenvalue weighted by molar-refractivity contribution is 5.98. The van der Waals surface area contributed by atoms with Crippen molar-refractivity contribution in [3.8, 4) is 17.0 Å². The maximum Gasteiger partial charge on any atom is 0.146 e. The first-order chi connectivity index (χ1) is 17.8. The number of ether oxygens (including phenoxy) is 1. The van der Waals surface area contributed by atoms with Crippen molar-refractivity contribution in [2.24, 2.45) is 5.92 Å². The molecule has 4 aromatic rings. The Labute approximate surface area is 219 Å². The Morgan fingerprint density at radius 1 is 1.14 bits per heavy atom. The van der Waals surface area contributed by atoms with Gasteiger partial charge in [-0.05, 0) is 74.3 Å². The van der Waals surface area contributed by atoms with Crippen molar-refractivity contribution in [3.05, 3.63) is 82.9 Å². The molecule has 5 rings (SSSR count). The van der Waals surface area contributed by atoms with E-state index < -0.39 is 5.41 Å². The second kappa shape index (κ2) is 9.79. The standard InChI is InChI=1S/C32H37N3O2/c1-7-20(2)31(36)32(27-17-25(37-6)14-8-21(27)3)18-28(32)24-13-15-26-29(16-24)33-34-30(26)23-11-9-22(10-12-23)19-35(4)5/h8-17,20,28H,7,18-19H2,1-6H3,(H,33,34). The molecular weight excluding hydrogens is 458 g/mol. The summed E-state index contributed by atoms with van der Waals surface area (Å²) in [7, 11) is 5.84. The van der Waals surface area contributed by atoms with Crippen LogP contribution in [0.4, 0.5) is 0 Å². The van der Waals surface area contributed by atoms with Crippen LogP contribution in [0, 0.1) is 12.8 Å². The summed E-state index contributed by atoms with van der Waals surface area (Å²) in [4.78, 5) is 16.0. The second-order valence-electron chi connectivity index (χ2n) is 10.9. The van der Waals surface area contributed by atoms with Crippen LogP contribution in [0.25, 0.3) is 22.2 Å². The van der Waals surface area contributed by atoms with E-state index in [0.29, 0.717) is 5.78 Å². The van der Waals surface area contributed by atoms with E-state index >= 15 is 0 Å². The van der Waals surface area contributed by atoms with E-state index in [-0.39, 0.29) is 11.8 Å². The lowest BCUT2D eigenvalue weighted by Gasteiger charge is -2.23. The predicted molar refractivity (Wildman–Crippen MR) is 150 cm³/mol. The zero-order valence-corrected chi connectivity index (χ0v) is 22.8. The SMILES string of the molecule is CCC(C)C(=O)C1(c2cc(OC)ccc2C)CC1c1ccc2c(-c3ccc(CN(C)C)cc3)n[nH]c2c1. The minimum Gasteiger partial charge on any atom is -0.497 e. The average Bonchev–Trinajstić information content (AvgIpc) is 3.52. The maximum atomic E-state index is 13.9. The quantitative estimate of drug-likeness (QED) is 0.282. The molecule has 0 radical (unpaired) electrons. The molecule has 5 nitrogen and oxygen atoms in total. The summed E-state index contributed by atoms with van der Waals surface area (Å²) in [5.74, 6) is 1.28. The fraction of sp³-hybridized carbons (Fsp3) is 0.375. The first kappa shape index (κ1) is 25.2. The van der Waals surface area contributed by atoms with Gasteiger partial charge in [-0.25, -0.2) is 0 Å². The highest BCUT2D eigenvalue weighted by Gasteiger charge is 2.62. The molecule has 192 valence electrons. The van der Waals surface area contributed by atoms with Crippen LogP contribution in [0.1, 0.15) is 54.9 Å². The number of carbonyl (C=O) groups excluding carboxylic acids is 1. The number of aromatic amines is 1. The molecule has 0 saturated heterocycles. The summed E-state index contributed by atoms with van der Waals surface area (Å²) < 4.78 is 5.54. The number of hydrogen-bond donors (Lipinski definition) is 1. The summed E-state index contributed by atoms with van der Waals surface area (Å²) >= 11 is 0. The number of H-pyrrole nitrogens is 1. The molecule has 1 heterocycles. The fourth-order valence-corrected chi connectivity index (χ4v) is 5.81. The van der Waals surface area contributed by atoms with Crippen LogP contribution in [-0.2, 0) is 16.8 Å². The monoisotopic (exact) mass is 495 g/mol. The number of Topliss-reactive ketones (excluding diaryl/α,β-unsaturated/α-hetero) is 1. The number of aryl methyl sites for hydroxylation is 1. The smallest absolute Gasteiger partial charge is 0.146 e. The van der Waals surface area contributed by atoms with Crippen LogP contribution in [0.2, 0.25) is 0 Å². The van der Waals surface area contributed by atoms with E-state index in [1.807, 2.05) is 6.07 Å². The van der Waals surface area contributed by atoms with Crippen LogP contribution < -0.4 is 4.74 Å². The largest absolute Gasteiger partial charge is 0.497 e. The van der Waals surface area contributed by atoms with Gasteiger partial charge in [0.1, 0.15) is 11.5 Å². The molecule has 1 aromatic heterocycles. The Balaban J connectivity index is 1.51. The lowest BCUT2D eigenvalue weighted by atomic mass is 9.79. The van der Waals surface area contributed by atoms with E-state index in [4.69, 9.17) is 4.74 Å². The van der Waals surface area contributed by atoms with Crippen molar-refractivity contribution < 1.29 is 9.53 Å². The lowest BCUT2D eigenvalue weighted by Crippen LogP contribution is -2.29. The third kappa shape index (κ3) is 4.46. The number of methoxy groups -OCH3 is 1. The molecule has 3 atom stereocenters. The summed E-state index contributed by atoms with van der Waals surface area (Å²) in [5.41, 5.74) is 7.26. The van der Waals surface area contributed by atoms with Gasteiger partial charge in [-0.1, -0.05) is 56.3 Å². The molecule has 3 aromatic carbocycles. The van der Waals surface area contributed by atoms with E-state index in [0.717, 1.165) is 58.4 Å². The van der Waals surface area contributed by atoms with E-state index in [2.05, 4.69) is 105 Å². The molecule has 3 unspecified atom stereocenters. The second-order valence-corrected chi connectivity index (χ2v) is 10.9. The number of ketones is 1. The Morgan fingerprint density at radius 2 is 1.89 bits per heavy atom. The molecule has 0 aliphatic heterocycles. The van der Waals surface area contributed by atoms with Gasteiger partial charge < -0.3 is 9.64 Å². The zero-order chi connectivity index (χ0) is 26.3. The lowest BCUT2D eigenvalue weighted by molar-refractivity contribution is -0.125. The van der Waals surface area contributed by atoms with Crippen molar-refractivity contribution in [2.75, 3.05) is 21.2 Å². The Hall–Kier alpha value is -3.44. The van der Waals surface area contributed by atoms with Crippen molar-refractivity contribution >= 4 is 16.7 Å². The Bertz CT molecular complexity index is 1440. The number of carbonyl (C=O) groups is 1. The summed E-state index contributed by atoms with van der Waals surface area (Å²) in [6, 6.07) is 21.3. The molecule has 1 aliphatic rings. The van der Waals surface area contributed by atoms with Gasteiger partial charge >= 0.3 is 0 Å². The predicted octanol–water partition coefficient (Wildman–Crippen LogP) is 6.65. The third-order valence-electron chi connectivity index (χ3n) is 8.10. The van der Waals surface area contributed by atoms with E-state index in [9.17, 15) is 4.79 Å². The van der Waals surface area contributed by atoms with Gasteiger partial charge in [0.05, 0.1) is 23.7 Å². The van der Waals surface area contributed by atoms with Gasteiger partial charge in [0.2, 0.25) is 0 Å². The number of hydrogen-bond acceptors (Lipinski definition) is 4. The third-order valence-corrected chi connectivity index (χ3v) is 8.10. The van der Waals surface area contributed by atoms with Crippen molar-refractivity contribution in [2.45, 2.75) is 51.5 Å². The number of nitrogens with one attached hydrogen (secondary N) is 1. The summed E-state index contributed by atoms with van der Waals surface area (Å²) in [6.07, 6.45) is 1.66. The Morgan fingerprint density at radius 3 is 2.57 bits per heavy atom. The highest BCUT2D eigenvalue weighted by atomic mass is 16.5. The molecule has 1 aliphatic carbocycles. The minimum atomic E-state index is -0.507. The van der Waals surface area contributed by atoms with Crippen LogP contribution >= 0.6 is 0 Å². The van der Waals surface area contributed by atoms with Crippen LogP contribution in [0.3, 0.4) is 0 Å². The van der Waals surface area contributed by atoms with Crippen LogP contribution in [0.15, 0.2) is 60.7 Å². The topological polar surface area (TPSA) is 58.2 Å². The number of rotatable bonds is 9. The van der Waals surface area contributed by atoms with Crippen molar-refractivity contribution in [1.82, 2.24) is 15.1 Å². The molecule has 0 spiro atoms. The van der Waals surface area contributed by atoms with Gasteiger partial charge in [-0.3, -0.25) is 9.89 Å². The molecule has 1 fully saturated rings. The van der Waals surface area contributed by atoms with E-state index in [1.165, 1.54) is 11.1 Å². The normalized spacial score (nSPS) is 19.8. The van der Waals surface area contributed by atoms with Gasteiger partial charge in [0.15, 0.2) is 0 Å². The molecular formula is C32H37N3O2. The number of aromatic nitrogens is 2. The molecule has 1 N–H and O–H groups in total. The summed E-state index contributed by atoms with van der Waals surface area (Å²) in [6.45, 7) is 7.17. The minimum absolute atomic E-state index is 0.00792. The van der Waals surface area contributed by atoms with Gasteiger partial charge in [-0.2, -0.15) is 5.10 Å². The maximum absolute atomic E-state index is 13.9. The van der Waals surface area contributed by atoms with Crippen molar-refractivity contribution in [3.63, 3.8) is 0 Å². The molecule has 0 bridgehead atoms. The summed E-state index contributed by atoms with van der Waals surface area (Å²) in [5, 5.41) is 9.02. The van der Waals surface area contributed by atoms with Gasteiger partial charge in [0, 0.05) is 29.3 Å². The van der Waals surface area contributed by atoms with Gasteiger partial charge in [-0.15, -0.1) is 0 Å². The van der Waals surface area contributed by atoms with Gasteiger partial charge in [0.25, 0.3) is 0 Å². The fourth-order valence-electron chi connectivity index (χ4n) is 5.81. The first-order valence-electron chi connectivity index (χ1n) is 13.2. The molecule has 5 heteroatoms. The molecule has 0 amide bonds. The zero-order valence-electron chi connectivity index (χ0n) is 22.8. The van der Waals surface area contributed by atoms with Crippen LogP contribution in [-0.4, -0.2) is 42.1 Å². The van der Waals surface area contributed by atoms with Crippen molar-refractivity contribution in [1.29, 1.82) is 0 Å². The highest BCUT2D eigenvalue weighted by Crippen LogP contribution is 2.63. The number of nitrogens with zero attached hydrogens (tertiary/aromatic N) is 2. The molecule has 37 heavy (non-hydrogen) atoms. The van der Waals surface area contributed by atoms with Crippen LogP contribution in [0.5, 0.6) is 5.75 Å². The first-order valence-corrected chi connectivity index (χ1v) is 13.2. The van der Waals surface area contributed by atoms with E-state index in [1.54, 1.807) is 7.11 Å². The number of benzene rings is 3. The number of fused-ring (bicyclic) bond motifs is 1. The molecule has 1 saturated carbocycles. The Kier molecular flexibility index (Phi) is 6.67. The average molecular weight is 496 g/mol.